The molecule has 0 aromatic rings. The van der Waals surface area contributed by atoms with Crippen LogP contribution in [0.15, 0.2) is 23.7 Å². The molecule has 0 aromatic carbocycles. The van der Waals surface area contributed by atoms with Gasteiger partial charge < -0.3 is 20.3 Å². The second kappa shape index (κ2) is 4.83. The van der Waals surface area contributed by atoms with Gasteiger partial charge in [-0.05, 0) is 49.8 Å². The zero-order valence-corrected chi connectivity index (χ0v) is 11.8. The fourth-order valence-corrected chi connectivity index (χ4v) is 3.95. The van der Waals surface area contributed by atoms with Gasteiger partial charge in [0.15, 0.2) is 0 Å². The number of hydrogen-bond donors (Lipinski definition) is 2. The van der Waals surface area contributed by atoms with E-state index in [9.17, 15) is 4.79 Å². The van der Waals surface area contributed by atoms with Gasteiger partial charge in [-0.15, -0.1) is 0 Å². The summed E-state index contributed by atoms with van der Waals surface area (Å²) in [6.45, 7) is 1.12. The van der Waals surface area contributed by atoms with Gasteiger partial charge in [0.2, 0.25) is 0 Å². The molecule has 0 spiro atoms. The Morgan fingerprint density at radius 1 is 1.25 bits per heavy atom. The predicted octanol–water partition coefficient (Wildman–Crippen LogP) is 1.71. The highest BCUT2D eigenvalue weighted by Gasteiger charge is 2.42. The lowest BCUT2D eigenvalue weighted by molar-refractivity contribution is -0.109. The zero-order valence-electron chi connectivity index (χ0n) is 11.8. The van der Waals surface area contributed by atoms with Crippen LogP contribution in [-0.4, -0.2) is 29.9 Å². The standard InChI is InChI=1S/C16H23N3O/c20-10-14-15-13(7-8-17-14)18-16(12-3-1-2-4-12)19(15)9-11-5-6-11/h7-8,10-12,14,16-18H,1-6,9H2. The van der Waals surface area contributed by atoms with Crippen molar-refractivity contribution in [2.75, 3.05) is 6.54 Å². The van der Waals surface area contributed by atoms with Crippen LogP contribution in [0, 0.1) is 11.8 Å². The molecule has 2 aliphatic heterocycles. The maximum Gasteiger partial charge on any atom is 0.148 e. The van der Waals surface area contributed by atoms with E-state index < -0.39 is 0 Å². The van der Waals surface area contributed by atoms with Crippen molar-refractivity contribution >= 4 is 6.29 Å². The first-order valence-corrected chi connectivity index (χ1v) is 8.02. The summed E-state index contributed by atoms with van der Waals surface area (Å²) < 4.78 is 0. The lowest BCUT2D eigenvalue weighted by atomic mass is 10.0. The van der Waals surface area contributed by atoms with Crippen molar-refractivity contribution in [2.45, 2.75) is 50.7 Å². The Morgan fingerprint density at radius 2 is 2.05 bits per heavy atom. The Balaban J connectivity index is 1.62. The number of carbonyl (C=O) groups is 1. The van der Waals surface area contributed by atoms with E-state index in [-0.39, 0.29) is 6.04 Å². The fraction of sp³-hybridized carbons (Fsp3) is 0.688. The minimum absolute atomic E-state index is 0.173. The molecule has 2 atom stereocenters. The number of dihydropyridines is 1. The van der Waals surface area contributed by atoms with Crippen molar-refractivity contribution < 1.29 is 4.79 Å². The highest BCUT2D eigenvalue weighted by molar-refractivity contribution is 5.66. The molecular weight excluding hydrogens is 250 g/mol. The van der Waals surface area contributed by atoms with Gasteiger partial charge >= 0.3 is 0 Å². The molecular formula is C16H23N3O. The first-order chi connectivity index (χ1) is 9.86. The number of carbonyl (C=O) groups excluding carboxylic acids is 1. The first-order valence-electron chi connectivity index (χ1n) is 8.02. The quantitative estimate of drug-likeness (QED) is 0.766. The van der Waals surface area contributed by atoms with Gasteiger partial charge in [0.25, 0.3) is 0 Å². The summed E-state index contributed by atoms with van der Waals surface area (Å²) in [7, 11) is 0. The van der Waals surface area contributed by atoms with Crippen LogP contribution >= 0.6 is 0 Å². The smallest absolute Gasteiger partial charge is 0.148 e. The Morgan fingerprint density at radius 3 is 2.75 bits per heavy atom. The fourth-order valence-electron chi connectivity index (χ4n) is 3.95. The molecule has 4 aliphatic rings. The van der Waals surface area contributed by atoms with E-state index in [1.807, 2.05) is 6.20 Å². The number of nitrogens with zero attached hydrogens (tertiary/aromatic N) is 1. The Kier molecular flexibility index (Phi) is 2.97. The average molecular weight is 273 g/mol. The van der Waals surface area contributed by atoms with Gasteiger partial charge in [-0.2, -0.15) is 0 Å². The van der Waals surface area contributed by atoms with E-state index in [4.69, 9.17) is 0 Å². The third-order valence-electron chi connectivity index (χ3n) is 5.18. The molecule has 20 heavy (non-hydrogen) atoms. The number of aldehydes is 1. The van der Waals surface area contributed by atoms with E-state index in [1.54, 1.807) is 0 Å². The number of nitrogens with one attached hydrogen (secondary N) is 2. The van der Waals surface area contributed by atoms with Crippen LogP contribution in [0.2, 0.25) is 0 Å². The number of allylic oxidation sites excluding steroid dienone is 1. The van der Waals surface area contributed by atoms with Gasteiger partial charge in [0, 0.05) is 6.54 Å². The van der Waals surface area contributed by atoms with Gasteiger partial charge in [0.05, 0.1) is 11.4 Å². The van der Waals surface area contributed by atoms with Crippen LogP contribution in [0.5, 0.6) is 0 Å². The van der Waals surface area contributed by atoms with Crippen molar-refractivity contribution in [2.24, 2.45) is 11.8 Å². The Bertz CT molecular complexity index is 460. The summed E-state index contributed by atoms with van der Waals surface area (Å²) in [5, 5.41) is 6.89. The molecule has 0 aromatic heterocycles. The van der Waals surface area contributed by atoms with Crippen LogP contribution in [-0.2, 0) is 4.79 Å². The molecule has 2 N–H and O–H groups in total. The van der Waals surface area contributed by atoms with Gasteiger partial charge in [0.1, 0.15) is 18.5 Å². The number of rotatable bonds is 4. The zero-order chi connectivity index (χ0) is 13.5. The number of hydrogen-bond acceptors (Lipinski definition) is 4. The second-order valence-electron chi connectivity index (χ2n) is 6.64. The Hall–Kier alpha value is -1.45. The Labute approximate surface area is 120 Å². The second-order valence-corrected chi connectivity index (χ2v) is 6.64. The predicted molar refractivity (Wildman–Crippen MR) is 77.5 cm³/mol. The molecule has 108 valence electrons. The van der Waals surface area contributed by atoms with E-state index in [0.29, 0.717) is 6.17 Å². The van der Waals surface area contributed by atoms with Crippen LogP contribution in [0.25, 0.3) is 0 Å². The van der Waals surface area contributed by atoms with E-state index in [1.165, 1.54) is 49.9 Å². The third-order valence-corrected chi connectivity index (χ3v) is 5.18. The largest absolute Gasteiger partial charge is 0.377 e. The molecule has 2 fully saturated rings. The first kappa shape index (κ1) is 12.3. The summed E-state index contributed by atoms with van der Waals surface area (Å²) in [6.07, 6.45) is 13.5. The van der Waals surface area contributed by atoms with E-state index in [2.05, 4.69) is 21.6 Å². The monoisotopic (exact) mass is 273 g/mol. The van der Waals surface area contributed by atoms with Crippen molar-refractivity contribution in [3.8, 4) is 0 Å². The summed E-state index contributed by atoms with van der Waals surface area (Å²) in [6, 6.07) is -0.173. The molecule has 4 heteroatoms. The highest BCUT2D eigenvalue weighted by atomic mass is 16.1. The topological polar surface area (TPSA) is 44.4 Å². The maximum atomic E-state index is 11.4. The average Bonchev–Trinajstić information content (AvgIpc) is 2.99. The van der Waals surface area contributed by atoms with E-state index in [0.717, 1.165) is 24.7 Å². The SMILES string of the molecule is O=CC1NC=CC2=C1N(CC1CC1)C(C1CCCC1)N2. The summed E-state index contributed by atoms with van der Waals surface area (Å²) in [4.78, 5) is 13.9. The van der Waals surface area contributed by atoms with Crippen LogP contribution < -0.4 is 10.6 Å². The third kappa shape index (κ3) is 2.02. The van der Waals surface area contributed by atoms with Crippen LogP contribution in [0.3, 0.4) is 0 Å². The molecule has 2 heterocycles. The van der Waals surface area contributed by atoms with Crippen LogP contribution in [0.4, 0.5) is 0 Å². The molecule has 0 radical (unpaired) electrons. The summed E-state index contributed by atoms with van der Waals surface area (Å²) in [5.41, 5.74) is 2.35. The normalized spacial score (nSPS) is 33.1. The van der Waals surface area contributed by atoms with Crippen molar-refractivity contribution in [1.82, 2.24) is 15.5 Å². The summed E-state index contributed by atoms with van der Waals surface area (Å²) >= 11 is 0. The van der Waals surface area contributed by atoms with Gasteiger partial charge in [-0.25, -0.2) is 0 Å². The molecule has 4 nitrogen and oxygen atoms in total. The maximum absolute atomic E-state index is 11.4. The molecule has 4 rings (SSSR count). The minimum Gasteiger partial charge on any atom is -0.377 e. The molecule has 0 bridgehead atoms. The van der Waals surface area contributed by atoms with Crippen molar-refractivity contribution in [3.63, 3.8) is 0 Å². The highest BCUT2D eigenvalue weighted by Crippen LogP contribution is 2.39. The summed E-state index contributed by atoms with van der Waals surface area (Å²) in [5.74, 6) is 1.57. The lowest BCUT2D eigenvalue weighted by Crippen LogP contribution is -2.46. The molecule has 0 amide bonds. The lowest BCUT2D eigenvalue weighted by Gasteiger charge is -2.34. The molecule has 0 saturated heterocycles. The van der Waals surface area contributed by atoms with Gasteiger partial charge in [-0.3, -0.25) is 0 Å². The van der Waals surface area contributed by atoms with Crippen LogP contribution in [0.1, 0.15) is 38.5 Å². The van der Waals surface area contributed by atoms with Gasteiger partial charge in [-0.1, -0.05) is 12.8 Å². The molecule has 2 saturated carbocycles. The molecule has 2 unspecified atom stereocenters. The van der Waals surface area contributed by atoms with Crippen molar-refractivity contribution in [1.29, 1.82) is 0 Å². The minimum atomic E-state index is -0.173. The van der Waals surface area contributed by atoms with E-state index >= 15 is 0 Å². The molecule has 2 aliphatic carbocycles. The van der Waals surface area contributed by atoms with Crippen molar-refractivity contribution in [3.05, 3.63) is 23.7 Å².